The Kier molecular flexibility index (Phi) is 3.78. The van der Waals surface area contributed by atoms with Gasteiger partial charge in [-0.3, -0.25) is 4.79 Å². The van der Waals surface area contributed by atoms with Crippen LogP contribution in [0.5, 0.6) is 0 Å². The van der Waals surface area contributed by atoms with Gasteiger partial charge in [0, 0.05) is 6.42 Å². The maximum atomic E-state index is 12.8. The highest BCUT2D eigenvalue weighted by atomic mass is 32.3. The minimum atomic E-state index is -4.83. The van der Waals surface area contributed by atoms with E-state index in [0.29, 0.717) is 0 Å². The number of halogens is 1. The van der Waals surface area contributed by atoms with Crippen LogP contribution in [-0.4, -0.2) is 14.3 Å². The Balaban J connectivity index is 3.05. The van der Waals surface area contributed by atoms with Crippen LogP contribution in [0.2, 0.25) is 0 Å². The Hall–Kier alpha value is -1.69. The van der Waals surface area contributed by atoms with E-state index in [1.54, 1.807) is 0 Å². The number of rotatable bonds is 4. The second-order valence-corrected chi connectivity index (χ2v) is 4.29. The molecule has 1 amide bonds. The molecule has 0 aliphatic heterocycles. The molecule has 0 fully saturated rings. The van der Waals surface area contributed by atoms with Gasteiger partial charge in [0.05, 0.1) is 5.69 Å². The SMILES string of the molecule is C=CCC(=O)Nc1ccccc1S(=O)(=O)F. The molecule has 1 aromatic rings. The van der Waals surface area contributed by atoms with Crippen LogP contribution >= 0.6 is 0 Å². The molecule has 6 heteroatoms. The van der Waals surface area contributed by atoms with E-state index in [1.165, 1.54) is 24.3 Å². The Morgan fingerprint density at radius 2 is 2.06 bits per heavy atom. The predicted molar refractivity (Wildman–Crippen MR) is 58.2 cm³/mol. The Morgan fingerprint density at radius 1 is 1.44 bits per heavy atom. The average Bonchev–Trinajstić information content (AvgIpc) is 2.17. The molecule has 0 heterocycles. The average molecular weight is 243 g/mol. The molecule has 16 heavy (non-hydrogen) atoms. The molecule has 0 aliphatic rings. The van der Waals surface area contributed by atoms with Crippen LogP contribution in [-0.2, 0) is 15.0 Å². The first-order valence-corrected chi connectivity index (χ1v) is 5.78. The zero-order chi connectivity index (χ0) is 12.2. The Morgan fingerprint density at radius 3 is 2.62 bits per heavy atom. The van der Waals surface area contributed by atoms with Crippen LogP contribution in [0, 0.1) is 0 Å². The van der Waals surface area contributed by atoms with Crippen molar-refractivity contribution in [3.8, 4) is 0 Å². The van der Waals surface area contributed by atoms with Crippen molar-refractivity contribution < 1.29 is 17.1 Å². The van der Waals surface area contributed by atoms with Crippen molar-refractivity contribution in [3.05, 3.63) is 36.9 Å². The predicted octanol–water partition coefficient (Wildman–Crippen LogP) is 1.86. The van der Waals surface area contributed by atoms with Crippen molar-refractivity contribution in [2.75, 3.05) is 5.32 Å². The van der Waals surface area contributed by atoms with Gasteiger partial charge < -0.3 is 5.32 Å². The summed E-state index contributed by atoms with van der Waals surface area (Å²) < 4.78 is 34.3. The van der Waals surface area contributed by atoms with Gasteiger partial charge in [0.2, 0.25) is 5.91 Å². The number of anilines is 1. The van der Waals surface area contributed by atoms with Gasteiger partial charge in [-0.15, -0.1) is 10.5 Å². The molecule has 0 saturated carbocycles. The molecule has 0 spiro atoms. The summed E-state index contributed by atoms with van der Waals surface area (Å²) in [6.45, 7) is 3.36. The molecule has 0 radical (unpaired) electrons. The zero-order valence-corrected chi connectivity index (χ0v) is 9.13. The minimum absolute atomic E-state index is 0.0284. The van der Waals surface area contributed by atoms with E-state index in [-0.39, 0.29) is 12.1 Å². The summed E-state index contributed by atoms with van der Waals surface area (Å²) in [6.07, 6.45) is 1.39. The summed E-state index contributed by atoms with van der Waals surface area (Å²) >= 11 is 0. The van der Waals surface area contributed by atoms with Crippen LogP contribution in [0.4, 0.5) is 9.57 Å². The van der Waals surface area contributed by atoms with E-state index in [4.69, 9.17) is 0 Å². The standard InChI is InChI=1S/C10H10FNO3S/c1-2-5-10(13)12-8-6-3-4-7-9(8)16(11,14)15/h2-4,6-7H,1,5H2,(H,12,13). The van der Waals surface area contributed by atoms with Gasteiger partial charge in [0.25, 0.3) is 0 Å². The van der Waals surface area contributed by atoms with Gasteiger partial charge >= 0.3 is 10.2 Å². The molecular formula is C10H10FNO3S. The molecule has 0 bridgehead atoms. The molecule has 1 rings (SSSR count). The summed E-state index contributed by atoms with van der Waals surface area (Å²) in [5.41, 5.74) is -0.0724. The number of benzene rings is 1. The fourth-order valence-electron chi connectivity index (χ4n) is 1.11. The number of para-hydroxylation sites is 1. The topological polar surface area (TPSA) is 63.2 Å². The van der Waals surface area contributed by atoms with E-state index in [1.807, 2.05) is 0 Å². The lowest BCUT2D eigenvalue weighted by atomic mass is 10.3. The number of carbonyl (C=O) groups excluding carboxylic acids is 1. The fraction of sp³-hybridized carbons (Fsp3) is 0.100. The smallest absolute Gasteiger partial charge is 0.325 e. The van der Waals surface area contributed by atoms with E-state index < -0.39 is 21.0 Å². The second-order valence-electron chi connectivity index (χ2n) is 2.97. The van der Waals surface area contributed by atoms with Crippen molar-refractivity contribution in [2.24, 2.45) is 0 Å². The second kappa shape index (κ2) is 4.89. The first-order chi connectivity index (χ1) is 7.45. The van der Waals surface area contributed by atoms with E-state index >= 15 is 0 Å². The largest absolute Gasteiger partial charge is 0.334 e. The van der Waals surface area contributed by atoms with Crippen LogP contribution in [0.1, 0.15) is 6.42 Å². The highest BCUT2D eigenvalue weighted by Gasteiger charge is 2.17. The third kappa shape index (κ3) is 3.16. The van der Waals surface area contributed by atoms with Crippen molar-refractivity contribution in [2.45, 2.75) is 11.3 Å². The summed E-state index contributed by atoms with van der Waals surface area (Å²) in [4.78, 5) is 10.6. The van der Waals surface area contributed by atoms with Crippen molar-refractivity contribution in [1.29, 1.82) is 0 Å². The third-order valence-electron chi connectivity index (χ3n) is 1.75. The van der Waals surface area contributed by atoms with Crippen LogP contribution in [0.25, 0.3) is 0 Å². The molecule has 0 aliphatic carbocycles. The maximum Gasteiger partial charge on any atom is 0.334 e. The lowest BCUT2D eigenvalue weighted by molar-refractivity contribution is -0.115. The Labute approximate surface area is 93.0 Å². The van der Waals surface area contributed by atoms with E-state index in [0.717, 1.165) is 6.07 Å². The quantitative estimate of drug-likeness (QED) is 0.648. The van der Waals surface area contributed by atoms with E-state index in [2.05, 4.69) is 11.9 Å². The van der Waals surface area contributed by atoms with Gasteiger partial charge in [-0.25, -0.2) is 0 Å². The third-order valence-corrected chi connectivity index (χ3v) is 2.63. The summed E-state index contributed by atoms with van der Waals surface area (Å²) in [7, 11) is -4.83. The number of hydrogen-bond acceptors (Lipinski definition) is 3. The molecule has 0 saturated heterocycles. The van der Waals surface area contributed by atoms with Crippen molar-refractivity contribution >= 4 is 21.8 Å². The normalized spacial score (nSPS) is 10.8. The first-order valence-electron chi connectivity index (χ1n) is 4.39. The number of nitrogens with one attached hydrogen (secondary N) is 1. The minimum Gasteiger partial charge on any atom is -0.325 e. The maximum absolute atomic E-state index is 12.8. The van der Waals surface area contributed by atoms with Gasteiger partial charge in [-0.1, -0.05) is 18.2 Å². The van der Waals surface area contributed by atoms with Crippen LogP contribution < -0.4 is 5.32 Å². The van der Waals surface area contributed by atoms with Crippen molar-refractivity contribution in [1.82, 2.24) is 0 Å². The number of amides is 1. The molecule has 0 aromatic heterocycles. The molecule has 0 unspecified atom stereocenters. The van der Waals surface area contributed by atoms with Gasteiger partial charge in [0.15, 0.2) is 0 Å². The highest BCUT2D eigenvalue weighted by Crippen LogP contribution is 2.22. The van der Waals surface area contributed by atoms with Gasteiger partial charge in [-0.05, 0) is 12.1 Å². The molecule has 0 atom stereocenters. The zero-order valence-electron chi connectivity index (χ0n) is 8.31. The number of carbonyl (C=O) groups is 1. The number of hydrogen-bond donors (Lipinski definition) is 1. The molecule has 1 aromatic carbocycles. The summed E-state index contributed by atoms with van der Waals surface area (Å²) in [5.74, 6) is -0.453. The first kappa shape index (κ1) is 12.4. The summed E-state index contributed by atoms with van der Waals surface area (Å²) in [5, 5.41) is 2.29. The van der Waals surface area contributed by atoms with E-state index in [9.17, 15) is 17.1 Å². The van der Waals surface area contributed by atoms with Crippen LogP contribution in [0.3, 0.4) is 0 Å². The fourth-order valence-corrected chi connectivity index (χ4v) is 1.74. The van der Waals surface area contributed by atoms with Gasteiger partial charge in [0.1, 0.15) is 4.90 Å². The van der Waals surface area contributed by atoms with Crippen molar-refractivity contribution in [3.63, 3.8) is 0 Å². The van der Waals surface area contributed by atoms with Gasteiger partial charge in [-0.2, -0.15) is 8.42 Å². The lowest BCUT2D eigenvalue weighted by Gasteiger charge is -2.06. The molecular weight excluding hydrogens is 233 g/mol. The molecule has 86 valence electrons. The van der Waals surface area contributed by atoms with Crippen LogP contribution in [0.15, 0.2) is 41.8 Å². The highest BCUT2D eigenvalue weighted by molar-refractivity contribution is 7.86. The monoisotopic (exact) mass is 243 g/mol. The molecule has 4 nitrogen and oxygen atoms in total. The summed E-state index contributed by atoms with van der Waals surface area (Å²) in [6, 6.07) is 5.26. The molecule has 1 N–H and O–H groups in total. The lowest BCUT2D eigenvalue weighted by Crippen LogP contribution is -2.12. The Bertz CT molecular complexity index is 511.